The first-order valence-corrected chi connectivity index (χ1v) is 10.3. The Morgan fingerprint density at radius 3 is 2.84 bits per heavy atom. The summed E-state index contributed by atoms with van der Waals surface area (Å²) in [6.07, 6.45) is 2.47. The van der Waals surface area contributed by atoms with Crippen molar-refractivity contribution in [3.8, 4) is 17.0 Å². The summed E-state index contributed by atoms with van der Waals surface area (Å²) in [5.41, 5.74) is 1.99. The standard InChI is InChI=1S/C23H20ClFN4O3/c1-32-16-3-4-17(19(25)11-16)21-6-7-23(31)29(28-21)13-22(30)26-9-8-14-12-27-20-5-2-15(24)10-18(14)20/h2-7,10-12,27H,8-9,13H2,1H3,(H,26,30). The maximum Gasteiger partial charge on any atom is 0.267 e. The minimum Gasteiger partial charge on any atom is -0.497 e. The molecule has 2 aromatic carbocycles. The van der Waals surface area contributed by atoms with E-state index in [4.69, 9.17) is 16.3 Å². The number of amides is 1. The Bertz CT molecular complexity index is 1350. The molecular weight excluding hydrogens is 435 g/mol. The van der Waals surface area contributed by atoms with Crippen LogP contribution in [-0.2, 0) is 17.8 Å². The highest BCUT2D eigenvalue weighted by Crippen LogP contribution is 2.24. The zero-order valence-electron chi connectivity index (χ0n) is 17.2. The highest BCUT2D eigenvalue weighted by molar-refractivity contribution is 6.31. The number of fused-ring (bicyclic) bond motifs is 1. The lowest BCUT2D eigenvalue weighted by molar-refractivity contribution is -0.121. The van der Waals surface area contributed by atoms with Crippen molar-refractivity contribution in [1.82, 2.24) is 20.1 Å². The molecule has 4 aromatic rings. The van der Waals surface area contributed by atoms with Gasteiger partial charge in [-0.2, -0.15) is 5.10 Å². The fourth-order valence-electron chi connectivity index (χ4n) is 3.42. The van der Waals surface area contributed by atoms with Crippen LogP contribution in [0, 0.1) is 5.82 Å². The maximum absolute atomic E-state index is 14.4. The minimum atomic E-state index is -0.537. The monoisotopic (exact) mass is 454 g/mol. The van der Waals surface area contributed by atoms with E-state index in [0.29, 0.717) is 23.7 Å². The Hall–Kier alpha value is -3.65. The molecule has 9 heteroatoms. The molecule has 0 spiro atoms. The molecule has 2 aromatic heterocycles. The fraction of sp³-hybridized carbons (Fsp3) is 0.174. The Kier molecular flexibility index (Phi) is 6.23. The van der Waals surface area contributed by atoms with Gasteiger partial charge in [0.1, 0.15) is 18.1 Å². The van der Waals surface area contributed by atoms with Gasteiger partial charge in [-0.1, -0.05) is 11.6 Å². The number of hydrogen-bond acceptors (Lipinski definition) is 4. The van der Waals surface area contributed by atoms with Crippen LogP contribution in [0.1, 0.15) is 5.56 Å². The second-order valence-corrected chi connectivity index (χ2v) is 7.60. The fourth-order valence-corrected chi connectivity index (χ4v) is 3.59. The number of H-pyrrole nitrogens is 1. The molecule has 0 bridgehead atoms. The average Bonchev–Trinajstić information content (AvgIpc) is 3.17. The summed E-state index contributed by atoms with van der Waals surface area (Å²) in [6.45, 7) is 0.101. The average molecular weight is 455 g/mol. The predicted molar refractivity (Wildman–Crippen MR) is 120 cm³/mol. The lowest BCUT2D eigenvalue weighted by atomic mass is 10.1. The molecule has 32 heavy (non-hydrogen) atoms. The van der Waals surface area contributed by atoms with Gasteiger partial charge in [-0.25, -0.2) is 9.07 Å². The van der Waals surface area contributed by atoms with Crippen LogP contribution < -0.4 is 15.6 Å². The van der Waals surface area contributed by atoms with Crippen LogP contribution in [0.4, 0.5) is 4.39 Å². The third-order valence-electron chi connectivity index (χ3n) is 5.06. The van der Waals surface area contributed by atoms with E-state index in [-0.39, 0.29) is 23.7 Å². The minimum absolute atomic E-state index is 0.206. The second-order valence-electron chi connectivity index (χ2n) is 7.16. The van der Waals surface area contributed by atoms with Crippen molar-refractivity contribution in [2.75, 3.05) is 13.7 Å². The van der Waals surface area contributed by atoms with Crippen LogP contribution in [0.5, 0.6) is 5.75 Å². The molecule has 0 saturated carbocycles. The molecule has 2 N–H and O–H groups in total. The number of aromatic amines is 1. The molecule has 0 saturated heterocycles. The number of rotatable bonds is 7. The van der Waals surface area contributed by atoms with Crippen molar-refractivity contribution >= 4 is 28.4 Å². The lowest BCUT2D eigenvalue weighted by Crippen LogP contribution is -2.34. The van der Waals surface area contributed by atoms with Gasteiger partial charge in [0.2, 0.25) is 5.91 Å². The van der Waals surface area contributed by atoms with E-state index in [0.717, 1.165) is 21.1 Å². The number of carbonyl (C=O) groups is 1. The number of halogens is 2. The van der Waals surface area contributed by atoms with E-state index in [1.807, 2.05) is 24.4 Å². The number of benzene rings is 2. The third-order valence-corrected chi connectivity index (χ3v) is 5.29. The van der Waals surface area contributed by atoms with E-state index in [1.165, 1.54) is 31.4 Å². The second kappa shape index (κ2) is 9.23. The van der Waals surface area contributed by atoms with Crippen LogP contribution in [0.3, 0.4) is 0 Å². The molecule has 0 fully saturated rings. The van der Waals surface area contributed by atoms with Crippen LogP contribution in [0.2, 0.25) is 5.02 Å². The summed E-state index contributed by atoms with van der Waals surface area (Å²) >= 11 is 6.07. The van der Waals surface area contributed by atoms with Gasteiger partial charge in [-0.3, -0.25) is 9.59 Å². The van der Waals surface area contributed by atoms with Crippen molar-refractivity contribution in [3.63, 3.8) is 0 Å². The van der Waals surface area contributed by atoms with E-state index in [2.05, 4.69) is 15.4 Å². The van der Waals surface area contributed by atoms with Gasteiger partial charge in [0, 0.05) is 46.4 Å². The molecule has 1 amide bonds. The molecule has 0 aliphatic carbocycles. The summed E-state index contributed by atoms with van der Waals surface area (Å²) in [4.78, 5) is 27.7. The topological polar surface area (TPSA) is 89.0 Å². The predicted octanol–water partition coefficient (Wildman–Crippen LogP) is 3.55. The van der Waals surface area contributed by atoms with Gasteiger partial charge in [-0.05, 0) is 48.4 Å². The first kappa shape index (κ1) is 21.6. The molecule has 4 rings (SSSR count). The summed E-state index contributed by atoms with van der Waals surface area (Å²) in [6, 6.07) is 12.6. The van der Waals surface area contributed by atoms with Crippen molar-refractivity contribution < 1.29 is 13.9 Å². The van der Waals surface area contributed by atoms with Crippen LogP contribution in [0.15, 0.2) is 59.5 Å². The molecular formula is C23H20ClFN4O3. The third kappa shape index (κ3) is 4.65. The molecule has 164 valence electrons. The van der Waals surface area contributed by atoms with Crippen LogP contribution >= 0.6 is 11.6 Å². The summed E-state index contributed by atoms with van der Waals surface area (Å²) < 4.78 is 20.4. The van der Waals surface area contributed by atoms with Gasteiger partial charge in [0.15, 0.2) is 0 Å². The van der Waals surface area contributed by atoms with E-state index in [9.17, 15) is 14.0 Å². The molecule has 0 aliphatic rings. The Balaban J connectivity index is 1.42. The molecule has 0 radical (unpaired) electrons. The van der Waals surface area contributed by atoms with Gasteiger partial charge in [0.05, 0.1) is 12.8 Å². The number of nitrogens with one attached hydrogen (secondary N) is 2. The van der Waals surface area contributed by atoms with Gasteiger partial charge in [-0.15, -0.1) is 0 Å². The smallest absolute Gasteiger partial charge is 0.267 e. The SMILES string of the molecule is COc1ccc(-c2ccc(=O)n(CC(=O)NCCc3c[nH]c4ccc(Cl)cc34)n2)c(F)c1. The Morgan fingerprint density at radius 1 is 1.22 bits per heavy atom. The van der Waals surface area contributed by atoms with Crippen LogP contribution in [-0.4, -0.2) is 34.3 Å². The van der Waals surface area contributed by atoms with E-state index >= 15 is 0 Å². The number of nitrogens with zero attached hydrogens (tertiary/aromatic N) is 2. The van der Waals surface area contributed by atoms with Crippen molar-refractivity contribution in [2.24, 2.45) is 0 Å². The van der Waals surface area contributed by atoms with Crippen molar-refractivity contribution in [3.05, 3.63) is 81.5 Å². The normalized spacial score (nSPS) is 11.0. The maximum atomic E-state index is 14.4. The van der Waals surface area contributed by atoms with Crippen molar-refractivity contribution in [2.45, 2.75) is 13.0 Å². The number of aromatic nitrogens is 3. The van der Waals surface area contributed by atoms with Gasteiger partial charge in [0.25, 0.3) is 5.56 Å². The summed E-state index contributed by atoms with van der Waals surface area (Å²) in [5, 5.41) is 8.57. The first-order chi connectivity index (χ1) is 15.4. The molecule has 0 atom stereocenters. The van der Waals surface area contributed by atoms with E-state index in [1.54, 1.807) is 6.07 Å². The molecule has 0 unspecified atom stereocenters. The Labute approximate surface area is 187 Å². The number of ether oxygens (including phenoxy) is 1. The first-order valence-electron chi connectivity index (χ1n) is 9.89. The molecule has 7 nitrogen and oxygen atoms in total. The largest absolute Gasteiger partial charge is 0.497 e. The summed E-state index contributed by atoms with van der Waals surface area (Å²) in [5.74, 6) is -0.536. The van der Waals surface area contributed by atoms with E-state index < -0.39 is 11.4 Å². The van der Waals surface area contributed by atoms with Crippen LogP contribution in [0.25, 0.3) is 22.2 Å². The molecule has 0 aliphatic heterocycles. The highest BCUT2D eigenvalue weighted by Gasteiger charge is 2.12. The zero-order valence-corrected chi connectivity index (χ0v) is 17.9. The highest BCUT2D eigenvalue weighted by atomic mass is 35.5. The number of methoxy groups -OCH3 is 1. The lowest BCUT2D eigenvalue weighted by Gasteiger charge is -2.09. The Morgan fingerprint density at radius 2 is 2.06 bits per heavy atom. The van der Waals surface area contributed by atoms with Gasteiger partial charge >= 0.3 is 0 Å². The summed E-state index contributed by atoms with van der Waals surface area (Å²) in [7, 11) is 1.44. The quantitative estimate of drug-likeness (QED) is 0.447. The number of carbonyl (C=O) groups excluding carboxylic acids is 1. The van der Waals surface area contributed by atoms with Gasteiger partial charge < -0.3 is 15.0 Å². The zero-order chi connectivity index (χ0) is 22.7. The number of hydrogen-bond donors (Lipinski definition) is 2. The molecule has 2 heterocycles. The van der Waals surface area contributed by atoms with Crippen molar-refractivity contribution in [1.29, 1.82) is 0 Å².